The van der Waals surface area contributed by atoms with Crippen LogP contribution in [0, 0.1) is 0 Å². The maximum absolute atomic E-state index is 2.25. The van der Waals surface area contributed by atoms with Crippen LogP contribution < -0.4 is 4.57 Å². The van der Waals surface area contributed by atoms with Crippen LogP contribution in [0.15, 0.2) is 24.8 Å². The maximum Gasteiger partial charge on any atom is 0.248 e. The van der Waals surface area contributed by atoms with E-state index in [9.17, 15) is 0 Å². The topological polar surface area (TPSA) is 8.81 Å². The number of aryl methyl sites for hydroxylation is 1. The molecule has 78 valence electrons. The molecule has 1 heterocycles. The van der Waals surface area contributed by atoms with Gasteiger partial charge in [0.15, 0.2) is 0 Å². The Bertz CT molecular complexity index is 274. The van der Waals surface area contributed by atoms with Crippen molar-refractivity contribution in [2.75, 3.05) is 0 Å². The van der Waals surface area contributed by atoms with E-state index in [0.29, 0.717) is 0 Å². The fraction of sp³-hybridized carbons (Fsp3) is 0.583. The third kappa shape index (κ3) is 4.26. The number of hydrogen-bond donors (Lipinski definition) is 0. The summed E-state index contributed by atoms with van der Waals surface area (Å²) in [7, 11) is 2.03. The van der Waals surface area contributed by atoms with Gasteiger partial charge >= 0.3 is 0 Å². The molecule has 0 unspecified atom stereocenters. The van der Waals surface area contributed by atoms with E-state index in [1.54, 1.807) is 0 Å². The molecule has 0 fully saturated rings. The summed E-state index contributed by atoms with van der Waals surface area (Å²) in [5, 5.41) is 0. The molecule has 14 heavy (non-hydrogen) atoms. The molecule has 0 saturated heterocycles. The van der Waals surface area contributed by atoms with Gasteiger partial charge < -0.3 is 0 Å². The zero-order chi connectivity index (χ0) is 10.2. The standard InChI is InChI=1S/C12H21N2/c1-3-4-5-6-7-8-9-14-11-10-13(2)12-14/h8-12H,3-7H2,1-2H3/q+1/b9-8+. The van der Waals surface area contributed by atoms with Gasteiger partial charge in [0.25, 0.3) is 0 Å². The predicted octanol–water partition coefficient (Wildman–Crippen LogP) is 2.75. The van der Waals surface area contributed by atoms with Crippen LogP contribution in [0.3, 0.4) is 0 Å². The number of unbranched alkanes of at least 4 members (excludes halogenated alkanes) is 4. The number of nitrogens with zero attached hydrogens (tertiary/aromatic N) is 2. The first-order valence-corrected chi connectivity index (χ1v) is 5.52. The van der Waals surface area contributed by atoms with Gasteiger partial charge in [-0.1, -0.05) is 26.2 Å². The lowest BCUT2D eigenvalue weighted by molar-refractivity contribution is -0.567. The molecule has 0 amide bonds. The second-order valence-corrected chi connectivity index (χ2v) is 3.76. The third-order valence-corrected chi connectivity index (χ3v) is 2.29. The van der Waals surface area contributed by atoms with Gasteiger partial charge in [-0.05, 0) is 18.9 Å². The van der Waals surface area contributed by atoms with Crippen molar-refractivity contribution in [3.05, 3.63) is 24.8 Å². The van der Waals surface area contributed by atoms with Crippen LogP contribution in [0.5, 0.6) is 0 Å². The maximum atomic E-state index is 2.25. The fourth-order valence-corrected chi connectivity index (χ4v) is 1.44. The van der Waals surface area contributed by atoms with E-state index in [4.69, 9.17) is 0 Å². The molecule has 0 atom stereocenters. The minimum atomic E-state index is 1.20. The zero-order valence-corrected chi connectivity index (χ0v) is 9.32. The van der Waals surface area contributed by atoms with E-state index >= 15 is 0 Å². The molecule has 0 aliphatic rings. The van der Waals surface area contributed by atoms with Crippen LogP contribution in [0.4, 0.5) is 0 Å². The fourth-order valence-electron chi connectivity index (χ4n) is 1.44. The molecule has 0 aliphatic carbocycles. The Balaban J connectivity index is 2.15. The monoisotopic (exact) mass is 193 g/mol. The van der Waals surface area contributed by atoms with Crippen molar-refractivity contribution in [1.82, 2.24) is 4.57 Å². The highest BCUT2D eigenvalue weighted by molar-refractivity contribution is 5.05. The van der Waals surface area contributed by atoms with E-state index in [-0.39, 0.29) is 0 Å². The Labute approximate surface area is 86.9 Å². The van der Waals surface area contributed by atoms with Crippen molar-refractivity contribution < 1.29 is 4.57 Å². The van der Waals surface area contributed by atoms with Gasteiger partial charge in [0.05, 0.1) is 13.2 Å². The number of rotatable bonds is 6. The highest BCUT2D eigenvalue weighted by Crippen LogP contribution is 2.02. The molecule has 0 radical (unpaired) electrons. The summed E-state index contributed by atoms with van der Waals surface area (Å²) in [5.74, 6) is 0. The van der Waals surface area contributed by atoms with Crippen molar-refractivity contribution in [3.63, 3.8) is 0 Å². The minimum Gasteiger partial charge on any atom is -0.239 e. The Kier molecular flexibility index (Phi) is 5.05. The van der Waals surface area contributed by atoms with Gasteiger partial charge in [-0.15, -0.1) is 0 Å². The molecule has 0 bridgehead atoms. The van der Waals surface area contributed by atoms with Crippen LogP contribution >= 0.6 is 0 Å². The molecule has 0 aromatic carbocycles. The molecule has 0 saturated carbocycles. The molecule has 0 N–H and O–H groups in total. The van der Waals surface area contributed by atoms with Crippen molar-refractivity contribution >= 4 is 6.20 Å². The summed E-state index contributed by atoms with van der Waals surface area (Å²) in [6, 6.07) is 0. The lowest BCUT2D eigenvalue weighted by atomic mass is 10.1. The summed E-state index contributed by atoms with van der Waals surface area (Å²) >= 11 is 0. The number of aromatic nitrogens is 2. The van der Waals surface area contributed by atoms with Gasteiger partial charge in [0.1, 0.15) is 12.4 Å². The summed E-state index contributed by atoms with van der Waals surface area (Å²) in [5.41, 5.74) is 0. The molecular weight excluding hydrogens is 172 g/mol. The van der Waals surface area contributed by atoms with Crippen LogP contribution in [-0.2, 0) is 7.05 Å². The highest BCUT2D eigenvalue weighted by atomic mass is 15.1. The molecule has 0 spiro atoms. The van der Waals surface area contributed by atoms with Crippen molar-refractivity contribution in [1.29, 1.82) is 0 Å². The van der Waals surface area contributed by atoms with E-state index in [1.807, 2.05) is 17.8 Å². The first-order chi connectivity index (χ1) is 6.83. The van der Waals surface area contributed by atoms with Gasteiger partial charge in [-0.3, -0.25) is 0 Å². The predicted molar refractivity (Wildman–Crippen MR) is 59.7 cm³/mol. The molecule has 1 aromatic heterocycles. The van der Waals surface area contributed by atoms with Gasteiger partial charge in [-0.2, -0.15) is 0 Å². The highest BCUT2D eigenvalue weighted by Gasteiger charge is 1.93. The second-order valence-electron chi connectivity index (χ2n) is 3.76. The van der Waals surface area contributed by atoms with Gasteiger partial charge in [0, 0.05) is 0 Å². The molecule has 1 aromatic rings. The third-order valence-electron chi connectivity index (χ3n) is 2.29. The number of hydrogen-bond acceptors (Lipinski definition) is 0. The Morgan fingerprint density at radius 3 is 2.79 bits per heavy atom. The minimum absolute atomic E-state index is 1.20. The number of allylic oxidation sites excluding steroid dienone is 1. The smallest absolute Gasteiger partial charge is 0.239 e. The van der Waals surface area contributed by atoms with E-state index in [2.05, 4.69) is 36.3 Å². The molecular formula is C12H21N2+. The average molecular weight is 193 g/mol. The summed E-state index contributed by atoms with van der Waals surface area (Å²) in [4.78, 5) is 0. The normalized spacial score (nSPS) is 11.3. The zero-order valence-electron chi connectivity index (χ0n) is 9.32. The van der Waals surface area contributed by atoms with E-state index in [1.165, 1.54) is 32.1 Å². The summed E-state index contributed by atoms with van der Waals surface area (Å²) < 4.78 is 4.13. The molecule has 2 heteroatoms. The van der Waals surface area contributed by atoms with Crippen molar-refractivity contribution in [3.8, 4) is 0 Å². The van der Waals surface area contributed by atoms with Crippen LogP contribution in [0.25, 0.3) is 6.20 Å². The summed E-state index contributed by atoms with van der Waals surface area (Å²) in [6.07, 6.45) is 17.1. The Morgan fingerprint density at radius 1 is 1.29 bits per heavy atom. The SMILES string of the molecule is CCCCCC/C=C/[n+]1ccn(C)c1. The largest absolute Gasteiger partial charge is 0.248 e. The molecule has 0 aliphatic heterocycles. The average Bonchev–Trinajstić information content (AvgIpc) is 2.58. The molecule has 2 nitrogen and oxygen atoms in total. The van der Waals surface area contributed by atoms with Crippen LogP contribution in [0.2, 0.25) is 0 Å². The lowest BCUT2D eigenvalue weighted by Crippen LogP contribution is -2.21. The lowest BCUT2D eigenvalue weighted by Gasteiger charge is -1.92. The van der Waals surface area contributed by atoms with Gasteiger partial charge in [-0.25, -0.2) is 9.13 Å². The van der Waals surface area contributed by atoms with Crippen LogP contribution in [0.1, 0.15) is 39.0 Å². The number of imidazole rings is 1. The first kappa shape index (κ1) is 11.0. The van der Waals surface area contributed by atoms with Crippen molar-refractivity contribution in [2.45, 2.75) is 39.0 Å². The van der Waals surface area contributed by atoms with E-state index in [0.717, 1.165) is 0 Å². The summed E-state index contributed by atoms with van der Waals surface area (Å²) in [6.45, 7) is 2.25. The Hall–Kier alpha value is -1.05. The second kappa shape index (κ2) is 6.41. The Morgan fingerprint density at radius 2 is 2.14 bits per heavy atom. The van der Waals surface area contributed by atoms with Crippen molar-refractivity contribution in [2.24, 2.45) is 7.05 Å². The van der Waals surface area contributed by atoms with Crippen LogP contribution in [-0.4, -0.2) is 4.57 Å². The quantitative estimate of drug-likeness (QED) is 0.485. The molecule has 1 rings (SSSR count). The first-order valence-electron chi connectivity index (χ1n) is 5.52. The van der Waals surface area contributed by atoms with Gasteiger partial charge in [0.2, 0.25) is 6.33 Å². The van der Waals surface area contributed by atoms with E-state index < -0.39 is 0 Å².